The van der Waals surface area contributed by atoms with Crippen LogP contribution in [0.1, 0.15) is 30.5 Å². The third-order valence-electron chi connectivity index (χ3n) is 8.98. The third kappa shape index (κ3) is 4.45. The van der Waals surface area contributed by atoms with E-state index in [9.17, 15) is 5.26 Å². The lowest BCUT2D eigenvalue weighted by molar-refractivity contribution is 0.418. The Morgan fingerprint density at radius 3 is 2.07 bits per heavy atom. The maximum atomic E-state index is 9.51. The number of aromatic nitrogens is 2. The molecule has 7 aromatic rings. The first-order valence-electron chi connectivity index (χ1n) is 15.4. The van der Waals surface area contributed by atoms with Gasteiger partial charge >= 0.3 is 0 Å². The second kappa shape index (κ2) is 10.8. The van der Waals surface area contributed by atoms with E-state index in [1.165, 1.54) is 0 Å². The summed E-state index contributed by atoms with van der Waals surface area (Å²) >= 11 is 0. The van der Waals surface area contributed by atoms with E-state index >= 15 is 0 Å². The van der Waals surface area contributed by atoms with E-state index in [1.807, 2.05) is 54.6 Å². The molecule has 0 spiro atoms. The summed E-state index contributed by atoms with van der Waals surface area (Å²) in [5.74, 6) is 2.18. The quantitative estimate of drug-likeness (QED) is 0.204. The van der Waals surface area contributed by atoms with Crippen LogP contribution < -0.4 is 4.74 Å². The Morgan fingerprint density at radius 1 is 0.587 bits per heavy atom. The van der Waals surface area contributed by atoms with E-state index in [0.717, 1.165) is 72.6 Å². The first kappa shape index (κ1) is 27.5. The Morgan fingerprint density at radius 2 is 1.26 bits per heavy atom. The summed E-state index contributed by atoms with van der Waals surface area (Å²) < 4.78 is 6.47. The van der Waals surface area contributed by atoms with E-state index in [4.69, 9.17) is 14.7 Å². The molecule has 218 valence electrons. The molecule has 4 heteroatoms. The van der Waals surface area contributed by atoms with Gasteiger partial charge in [-0.25, -0.2) is 9.97 Å². The summed E-state index contributed by atoms with van der Waals surface area (Å²) in [6, 6.07) is 49.7. The van der Waals surface area contributed by atoms with Crippen molar-refractivity contribution in [2.24, 2.45) is 0 Å². The third-order valence-corrected chi connectivity index (χ3v) is 8.98. The van der Waals surface area contributed by atoms with E-state index in [-0.39, 0.29) is 5.41 Å². The molecule has 0 amide bonds. The Hall–Kier alpha value is -6.05. The number of para-hydroxylation sites is 1. The lowest BCUT2D eigenvalue weighted by Crippen LogP contribution is -2.25. The molecule has 1 aliphatic heterocycles. The number of hydrogen-bond donors (Lipinski definition) is 0. The SMILES string of the molecule is CC1(C)c2ccc(C#N)cc2Oc2cccc(-c3ccccc3-c3nc(-c4ccccc4-c4ccccc4)c4ccccc4n3)c21. The van der Waals surface area contributed by atoms with Crippen LogP contribution in [0.3, 0.4) is 0 Å². The molecule has 6 aromatic carbocycles. The zero-order chi connectivity index (χ0) is 31.3. The largest absolute Gasteiger partial charge is 0.457 e. The zero-order valence-electron chi connectivity index (χ0n) is 25.5. The normalized spacial score (nSPS) is 12.9. The molecule has 2 heterocycles. The van der Waals surface area contributed by atoms with Gasteiger partial charge in [0, 0.05) is 33.1 Å². The predicted octanol–water partition coefficient (Wildman–Crippen LogP) is 10.6. The Kier molecular flexibility index (Phi) is 6.48. The van der Waals surface area contributed by atoms with E-state index in [0.29, 0.717) is 11.4 Å². The first-order valence-corrected chi connectivity index (χ1v) is 15.4. The lowest BCUT2D eigenvalue weighted by Gasteiger charge is -2.36. The van der Waals surface area contributed by atoms with Gasteiger partial charge in [-0.05, 0) is 46.5 Å². The van der Waals surface area contributed by atoms with Crippen molar-refractivity contribution in [3.8, 4) is 62.5 Å². The number of hydrogen-bond acceptors (Lipinski definition) is 4. The number of nitriles is 1. The van der Waals surface area contributed by atoms with Crippen molar-refractivity contribution in [1.29, 1.82) is 5.26 Å². The number of fused-ring (bicyclic) bond motifs is 3. The summed E-state index contributed by atoms with van der Waals surface area (Å²) in [6.07, 6.45) is 0. The molecule has 0 fully saturated rings. The maximum Gasteiger partial charge on any atom is 0.161 e. The molecular weight excluding hydrogens is 562 g/mol. The van der Waals surface area contributed by atoms with Crippen molar-refractivity contribution in [3.63, 3.8) is 0 Å². The fourth-order valence-electron chi connectivity index (χ4n) is 6.81. The highest BCUT2D eigenvalue weighted by Gasteiger charge is 2.37. The topological polar surface area (TPSA) is 58.8 Å². The van der Waals surface area contributed by atoms with E-state index in [1.54, 1.807) is 0 Å². The van der Waals surface area contributed by atoms with Gasteiger partial charge in [-0.2, -0.15) is 5.26 Å². The fourth-order valence-corrected chi connectivity index (χ4v) is 6.81. The molecule has 0 saturated heterocycles. The number of rotatable bonds is 4. The molecule has 4 nitrogen and oxygen atoms in total. The van der Waals surface area contributed by atoms with Crippen LogP contribution in [0.25, 0.3) is 55.8 Å². The summed E-state index contributed by atoms with van der Waals surface area (Å²) in [7, 11) is 0. The van der Waals surface area contributed by atoms with Gasteiger partial charge < -0.3 is 4.74 Å². The minimum atomic E-state index is -0.384. The second-order valence-electron chi connectivity index (χ2n) is 12.1. The Bertz CT molecular complexity index is 2330. The molecule has 0 unspecified atom stereocenters. The van der Waals surface area contributed by atoms with Crippen molar-refractivity contribution in [2.75, 3.05) is 0 Å². The number of benzene rings is 6. The van der Waals surface area contributed by atoms with E-state index < -0.39 is 0 Å². The van der Waals surface area contributed by atoms with Crippen LogP contribution in [-0.2, 0) is 5.41 Å². The van der Waals surface area contributed by atoms with Crippen molar-refractivity contribution in [3.05, 3.63) is 156 Å². The molecule has 0 aliphatic carbocycles. The van der Waals surface area contributed by atoms with Gasteiger partial charge in [-0.15, -0.1) is 0 Å². The molecule has 1 aromatic heterocycles. The lowest BCUT2D eigenvalue weighted by atomic mass is 9.72. The van der Waals surface area contributed by atoms with Crippen LogP contribution in [0.2, 0.25) is 0 Å². The zero-order valence-corrected chi connectivity index (χ0v) is 25.5. The Balaban J connectivity index is 1.34. The van der Waals surface area contributed by atoms with Gasteiger partial charge in [0.1, 0.15) is 11.5 Å². The summed E-state index contributed by atoms with van der Waals surface area (Å²) in [5, 5.41) is 10.5. The van der Waals surface area contributed by atoms with Gasteiger partial charge in [-0.1, -0.05) is 129 Å². The standard InChI is InChI=1S/C42H29N3O/c1-42(2)35-24-23-27(26-43)25-38(35)46-37-22-12-20-31(39(37)42)30-16-7-9-18-33(30)41-44-36-21-11-10-19-34(36)40(45-41)32-17-8-6-15-29(32)28-13-4-3-5-14-28/h3-25H,1-2H3. The number of ether oxygens (including phenoxy) is 1. The monoisotopic (exact) mass is 591 g/mol. The molecule has 1 aliphatic rings. The second-order valence-corrected chi connectivity index (χ2v) is 12.1. The van der Waals surface area contributed by atoms with Crippen LogP contribution in [0.5, 0.6) is 11.5 Å². The molecule has 8 rings (SSSR count). The van der Waals surface area contributed by atoms with Crippen molar-refractivity contribution < 1.29 is 4.74 Å². The minimum Gasteiger partial charge on any atom is -0.457 e. The van der Waals surface area contributed by atoms with Crippen molar-refractivity contribution in [2.45, 2.75) is 19.3 Å². The van der Waals surface area contributed by atoms with Gasteiger partial charge in [0.05, 0.1) is 22.8 Å². The van der Waals surface area contributed by atoms with Gasteiger partial charge in [0.2, 0.25) is 0 Å². The molecule has 0 atom stereocenters. The smallest absolute Gasteiger partial charge is 0.161 e. The van der Waals surface area contributed by atoms with Crippen molar-refractivity contribution in [1.82, 2.24) is 9.97 Å². The van der Waals surface area contributed by atoms with E-state index in [2.05, 4.69) is 105 Å². The molecule has 0 N–H and O–H groups in total. The molecular formula is C42H29N3O. The number of nitrogens with zero attached hydrogens (tertiary/aromatic N) is 3. The van der Waals surface area contributed by atoms with Gasteiger partial charge in [0.15, 0.2) is 5.82 Å². The predicted molar refractivity (Wildman–Crippen MR) is 185 cm³/mol. The van der Waals surface area contributed by atoms with Crippen LogP contribution in [0.15, 0.2) is 140 Å². The summed E-state index contributed by atoms with van der Waals surface area (Å²) in [4.78, 5) is 10.5. The molecule has 0 saturated carbocycles. The van der Waals surface area contributed by atoms with Gasteiger partial charge in [-0.3, -0.25) is 0 Å². The first-order chi connectivity index (χ1) is 22.5. The molecule has 0 bridgehead atoms. The maximum absolute atomic E-state index is 9.51. The average molecular weight is 592 g/mol. The molecule has 0 radical (unpaired) electrons. The van der Waals surface area contributed by atoms with Crippen LogP contribution in [0.4, 0.5) is 0 Å². The Labute approximate surface area is 268 Å². The summed E-state index contributed by atoms with van der Waals surface area (Å²) in [5.41, 5.74) is 10.5. The van der Waals surface area contributed by atoms with Gasteiger partial charge in [0.25, 0.3) is 0 Å². The van der Waals surface area contributed by atoms with Crippen LogP contribution >= 0.6 is 0 Å². The summed E-state index contributed by atoms with van der Waals surface area (Å²) in [6.45, 7) is 4.44. The van der Waals surface area contributed by atoms with Crippen molar-refractivity contribution >= 4 is 10.9 Å². The average Bonchev–Trinajstić information content (AvgIpc) is 3.11. The highest BCUT2D eigenvalue weighted by Crippen LogP contribution is 2.52. The van der Waals surface area contributed by atoms with Crippen LogP contribution in [0, 0.1) is 11.3 Å². The minimum absolute atomic E-state index is 0.384. The van der Waals surface area contributed by atoms with Crippen LogP contribution in [-0.4, -0.2) is 9.97 Å². The highest BCUT2D eigenvalue weighted by molar-refractivity contribution is 5.98. The highest BCUT2D eigenvalue weighted by atomic mass is 16.5. The molecule has 46 heavy (non-hydrogen) atoms. The fraction of sp³-hybridized carbons (Fsp3) is 0.0714.